The van der Waals surface area contributed by atoms with Gasteiger partial charge >= 0.3 is 0 Å². The van der Waals surface area contributed by atoms with Crippen LogP contribution < -0.4 is 25.4 Å². The van der Waals surface area contributed by atoms with Crippen molar-refractivity contribution in [2.45, 2.75) is 133 Å². The van der Waals surface area contributed by atoms with Gasteiger partial charge in [0.25, 0.3) is 0 Å². The molecule has 11 nitrogen and oxygen atoms in total. The van der Waals surface area contributed by atoms with E-state index in [0.717, 1.165) is 107 Å². The normalized spacial score (nSPS) is 28.9. The number of carbonyl (C=O) groups excluding carboxylic acids is 1. The summed E-state index contributed by atoms with van der Waals surface area (Å²) in [6, 6.07) is 9.57. The van der Waals surface area contributed by atoms with Crippen molar-refractivity contribution in [3.05, 3.63) is 53.6 Å². The molecular weight excluding hydrogens is 785 g/mol. The molecule has 4 aliphatic carbocycles. The molecule has 1 heterocycles. The maximum absolute atomic E-state index is 14.7. The van der Waals surface area contributed by atoms with Crippen LogP contribution in [0.1, 0.15) is 114 Å². The van der Waals surface area contributed by atoms with Crippen molar-refractivity contribution in [3.8, 4) is 23.0 Å². The van der Waals surface area contributed by atoms with Gasteiger partial charge in [0.05, 0.1) is 24.8 Å². The van der Waals surface area contributed by atoms with E-state index in [9.17, 15) is 20.1 Å². The fourth-order valence-corrected chi connectivity index (χ4v) is 13.2. The van der Waals surface area contributed by atoms with Gasteiger partial charge in [0, 0.05) is 31.2 Å². The van der Waals surface area contributed by atoms with Gasteiger partial charge < -0.3 is 45.5 Å². The number of ether oxygens (including phenoxy) is 3. The van der Waals surface area contributed by atoms with Crippen molar-refractivity contribution in [1.82, 2.24) is 10.6 Å². The fraction of sp³-hybridized carbons (Fsp3) is 0.652. The van der Waals surface area contributed by atoms with E-state index >= 15 is 0 Å². The number of guanidine groups is 1. The lowest BCUT2D eigenvalue weighted by Gasteiger charge is -2.34. The fourth-order valence-electron chi connectivity index (χ4n) is 10.9. The number of aliphatic hydroxyl groups excluding tert-OH is 1. The lowest BCUT2D eigenvalue weighted by atomic mass is 9.70. The molecule has 0 radical (unpaired) electrons. The Balaban J connectivity index is 1.20. The lowest BCUT2D eigenvalue weighted by molar-refractivity contribution is -0.143. The second kappa shape index (κ2) is 19.7. The summed E-state index contributed by atoms with van der Waals surface area (Å²) in [4.78, 5) is 19.2. The molecule has 5 aliphatic rings. The minimum absolute atomic E-state index is 0.0414. The molecule has 5 atom stereocenters. The number of phenols is 2. The number of benzene rings is 2. The Hall–Kier alpha value is -3.10. The predicted octanol–water partition coefficient (Wildman–Crippen LogP) is 8.61. The Labute approximate surface area is 358 Å². The Morgan fingerprint density at radius 3 is 2.56 bits per heavy atom. The number of methoxy groups -OCH3 is 1. The number of hydrogen-bond donors (Lipinski definition) is 6. The zero-order chi connectivity index (χ0) is 41.5. The summed E-state index contributed by atoms with van der Waals surface area (Å²) in [6.07, 6.45) is 18.9. The first-order valence-electron chi connectivity index (χ1n) is 21.9. The van der Waals surface area contributed by atoms with E-state index in [1.165, 1.54) is 0 Å². The van der Waals surface area contributed by atoms with Crippen LogP contribution in [0.3, 0.4) is 0 Å². The van der Waals surface area contributed by atoms with Crippen molar-refractivity contribution in [1.29, 1.82) is 0 Å². The summed E-state index contributed by atoms with van der Waals surface area (Å²) in [5.41, 5.74) is 1.21. The highest BCUT2D eigenvalue weighted by molar-refractivity contribution is 8.76. The van der Waals surface area contributed by atoms with Crippen molar-refractivity contribution < 1.29 is 34.3 Å². The summed E-state index contributed by atoms with van der Waals surface area (Å²) in [5.74, 6) is 3.55. The van der Waals surface area contributed by atoms with Gasteiger partial charge in [-0.1, -0.05) is 65.8 Å². The van der Waals surface area contributed by atoms with Gasteiger partial charge in [-0.2, -0.15) is 0 Å². The number of nitrogens with zero attached hydrogens (tertiary/aromatic N) is 1. The minimum Gasteiger partial charge on any atom is -0.504 e. The SMILES string of the molecule is CN=C1NCSSCC2CCCC2(Cc2ccc(O)c(OC)c2)C(=O)C=CCC2(CCCC2)c2cc(c(O)c(OC3(CNC)CCC(CC(O)OC4CCCC4)C3)c2)N1. The molecule has 324 valence electrons. The maximum atomic E-state index is 14.7. The first kappa shape index (κ1) is 44.0. The molecule has 0 aromatic heterocycles. The number of phenolic OH excluding ortho intramolecular Hbond substituents is 2. The van der Waals surface area contributed by atoms with Gasteiger partial charge in [0.2, 0.25) is 0 Å². The summed E-state index contributed by atoms with van der Waals surface area (Å²) in [7, 11) is 8.69. The van der Waals surface area contributed by atoms with E-state index in [0.29, 0.717) is 54.8 Å². The van der Waals surface area contributed by atoms with Crippen LogP contribution in [0.5, 0.6) is 23.0 Å². The van der Waals surface area contributed by atoms with Gasteiger partial charge in [-0.05, 0) is 136 Å². The minimum atomic E-state index is -0.783. The second-order valence-corrected chi connectivity index (χ2v) is 20.3. The summed E-state index contributed by atoms with van der Waals surface area (Å²) < 4.78 is 18.5. The van der Waals surface area contributed by atoms with Crippen LogP contribution in [0, 0.1) is 17.3 Å². The van der Waals surface area contributed by atoms with Crippen LogP contribution in [0.15, 0.2) is 47.5 Å². The Morgan fingerprint density at radius 1 is 0.983 bits per heavy atom. The average molecular weight is 851 g/mol. The topological polar surface area (TPSA) is 154 Å². The Morgan fingerprint density at radius 2 is 1.80 bits per heavy atom. The molecule has 6 N–H and O–H groups in total. The molecule has 1 aliphatic heterocycles. The third-order valence-electron chi connectivity index (χ3n) is 14.0. The molecular formula is C46H66N4O7S2. The van der Waals surface area contributed by atoms with E-state index in [1.807, 2.05) is 31.3 Å². The van der Waals surface area contributed by atoms with Gasteiger partial charge in [-0.15, -0.1) is 0 Å². The van der Waals surface area contributed by atoms with Crippen molar-refractivity contribution >= 4 is 39.0 Å². The molecule has 1 spiro atoms. The number of carbonyl (C=O) groups is 1. The number of rotatable bonds is 11. The number of fused-ring (bicyclic) bond motifs is 4. The highest BCUT2D eigenvalue weighted by atomic mass is 33.1. The highest BCUT2D eigenvalue weighted by Gasteiger charge is 2.48. The van der Waals surface area contributed by atoms with Crippen LogP contribution in [-0.2, 0) is 21.4 Å². The van der Waals surface area contributed by atoms with Gasteiger partial charge in [-0.3, -0.25) is 9.79 Å². The van der Waals surface area contributed by atoms with Crippen LogP contribution in [0.2, 0.25) is 0 Å². The standard InChI is InChI=1S/C46H66N4O7S2/c1-47-29-45(21-16-32(26-45)23-41(53)56-35-11-4-5-12-35)57-39-25-34-24-36(42(39)54)50-43(48-2)49-30-59-58-28-33-10-8-20-46(33,27-31-14-15-37(51)38(22-31)55-3)40(52)13-9-19-44(34)17-6-7-18-44/h9,13-15,22,24-25,32-33,35,41,47,51,53-54H,4-8,10-12,16-21,23,26-30H2,1-3H3,(H2,48,49,50). The van der Waals surface area contributed by atoms with E-state index < -0.39 is 17.3 Å². The van der Waals surface area contributed by atoms with Crippen molar-refractivity contribution in [2.24, 2.45) is 22.2 Å². The van der Waals surface area contributed by atoms with Crippen molar-refractivity contribution in [2.75, 3.05) is 44.7 Å². The molecule has 2 bridgehead atoms. The summed E-state index contributed by atoms with van der Waals surface area (Å²) >= 11 is 0. The number of hydrogen-bond acceptors (Lipinski definition) is 11. The quantitative estimate of drug-likeness (QED) is 0.0729. The van der Waals surface area contributed by atoms with E-state index in [1.54, 1.807) is 41.8 Å². The highest BCUT2D eigenvalue weighted by Crippen LogP contribution is 2.52. The third-order valence-corrected chi connectivity index (χ3v) is 16.3. The second-order valence-electron chi connectivity index (χ2n) is 17.8. The molecule has 59 heavy (non-hydrogen) atoms. The number of aromatic hydroxyl groups is 2. The molecule has 5 unspecified atom stereocenters. The third kappa shape index (κ3) is 10.2. The number of anilines is 1. The van der Waals surface area contributed by atoms with E-state index in [-0.39, 0.29) is 40.6 Å². The van der Waals surface area contributed by atoms with Gasteiger partial charge in [0.15, 0.2) is 41.0 Å². The molecule has 13 heteroatoms. The van der Waals surface area contributed by atoms with E-state index in [2.05, 4.69) is 33.1 Å². The number of aliphatic hydroxyl groups is 1. The summed E-state index contributed by atoms with van der Waals surface area (Å²) in [6.45, 7) is 0.600. The van der Waals surface area contributed by atoms with Crippen LogP contribution in [0.25, 0.3) is 0 Å². The number of nitrogens with one attached hydrogen (secondary N) is 3. The Kier molecular flexibility index (Phi) is 14.7. The van der Waals surface area contributed by atoms with Gasteiger partial charge in [-0.25, -0.2) is 0 Å². The molecule has 0 amide bonds. The predicted molar refractivity (Wildman–Crippen MR) is 239 cm³/mol. The molecule has 4 fully saturated rings. The number of ketones is 1. The largest absolute Gasteiger partial charge is 0.504 e. The zero-order valence-corrected chi connectivity index (χ0v) is 36.9. The zero-order valence-electron chi connectivity index (χ0n) is 35.2. The van der Waals surface area contributed by atoms with E-state index in [4.69, 9.17) is 14.2 Å². The first-order chi connectivity index (χ1) is 28.6. The molecule has 0 saturated heterocycles. The van der Waals surface area contributed by atoms with Crippen LogP contribution in [0.4, 0.5) is 5.69 Å². The Bertz CT molecular complexity index is 1820. The monoisotopic (exact) mass is 850 g/mol. The smallest absolute Gasteiger partial charge is 0.196 e. The molecule has 2 aromatic carbocycles. The van der Waals surface area contributed by atoms with Gasteiger partial charge in [0.1, 0.15) is 5.60 Å². The molecule has 2 aromatic rings. The average Bonchev–Trinajstić information content (AvgIpc) is 4.06. The van der Waals surface area contributed by atoms with Crippen LogP contribution >= 0.6 is 21.6 Å². The van der Waals surface area contributed by atoms with Crippen molar-refractivity contribution in [3.63, 3.8) is 0 Å². The maximum Gasteiger partial charge on any atom is 0.196 e. The summed E-state index contributed by atoms with van der Waals surface area (Å²) in [5, 5.41) is 43.5. The number of likely N-dealkylation sites (N-methyl/N-ethyl adjacent to an activating group) is 1. The first-order valence-corrected chi connectivity index (χ1v) is 24.4. The van der Waals surface area contributed by atoms with Crippen LogP contribution in [-0.4, -0.2) is 84.4 Å². The number of aliphatic imine (C=N–C) groups is 1. The lowest BCUT2D eigenvalue weighted by Crippen LogP contribution is -2.43. The molecule has 7 rings (SSSR count). The molecule has 4 saturated carbocycles. The number of allylic oxidation sites excluding steroid dienone is 2.